The predicted octanol–water partition coefficient (Wildman–Crippen LogP) is 5.61. The van der Waals surface area contributed by atoms with Gasteiger partial charge >= 0.3 is 5.97 Å². The van der Waals surface area contributed by atoms with Crippen LogP contribution in [-0.4, -0.2) is 109 Å². The van der Waals surface area contributed by atoms with Gasteiger partial charge in [0.05, 0.1) is 0 Å². The van der Waals surface area contributed by atoms with Gasteiger partial charge in [0.15, 0.2) is 0 Å². The average Bonchev–Trinajstić information content (AvgIpc) is 3.07. The highest BCUT2D eigenvalue weighted by molar-refractivity contribution is 5.73. The second-order valence-corrected chi connectivity index (χ2v) is 13.0. The first-order valence-electron chi connectivity index (χ1n) is 16.6. The summed E-state index contributed by atoms with van der Waals surface area (Å²) in [7, 11) is 1.54. The number of carboxylic acid groups (broad SMARTS) is 1. The van der Waals surface area contributed by atoms with E-state index in [2.05, 4.69) is 28.5 Å². The molecule has 2 aliphatic rings. The van der Waals surface area contributed by atoms with Crippen LogP contribution in [0.3, 0.4) is 0 Å². The van der Waals surface area contributed by atoms with Gasteiger partial charge in [-0.05, 0) is 79.8 Å². The van der Waals surface area contributed by atoms with Gasteiger partial charge in [-0.25, -0.2) is 13.2 Å². The number of methoxy groups -OCH3 is 1. The van der Waals surface area contributed by atoms with Crippen LogP contribution in [0.2, 0.25) is 0 Å². The molecule has 0 aromatic heterocycles. The van der Waals surface area contributed by atoms with E-state index in [4.69, 9.17) is 4.74 Å². The number of rotatable bonds is 13. The van der Waals surface area contributed by atoms with Crippen LogP contribution in [0, 0.1) is 17.5 Å². The summed E-state index contributed by atoms with van der Waals surface area (Å²) < 4.78 is 47.7. The molecule has 0 radical (unpaired) electrons. The summed E-state index contributed by atoms with van der Waals surface area (Å²) in [4.78, 5) is 22.1. The molecule has 0 bridgehead atoms. The van der Waals surface area contributed by atoms with Crippen molar-refractivity contribution in [2.75, 3.05) is 66.0 Å². The number of hydrogen-bond donors (Lipinski definition) is 1. The minimum absolute atomic E-state index is 0.112. The van der Waals surface area contributed by atoms with Crippen LogP contribution in [0.5, 0.6) is 0 Å². The van der Waals surface area contributed by atoms with Crippen LogP contribution >= 0.6 is 0 Å². The zero-order valence-electron chi connectivity index (χ0n) is 27.6. The van der Waals surface area contributed by atoms with Gasteiger partial charge < -0.3 is 9.84 Å². The lowest BCUT2D eigenvalue weighted by Gasteiger charge is -2.44. The molecular weight excluding hydrogens is 605 g/mol. The number of aliphatic carboxylic acids is 1. The minimum Gasteiger partial charge on any atom is -0.480 e. The molecule has 0 spiro atoms. The smallest absolute Gasteiger partial charge is 0.320 e. The number of piperazine rings is 2. The van der Waals surface area contributed by atoms with Crippen molar-refractivity contribution in [2.24, 2.45) is 0 Å². The Morgan fingerprint density at radius 1 is 0.723 bits per heavy atom. The summed E-state index contributed by atoms with van der Waals surface area (Å²) in [5.41, 5.74) is 1.35. The Morgan fingerprint density at radius 3 is 1.62 bits per heavy atom. The van der Waals surface area contributed by atoms with Gasteiger partial charge in [-0.2, -0.15) is 0 Å². The molecule has 2 heterocycles. The number of ether oxygens (including phenoxy) is 1. The number of halogens is 3. The van der Waals surface area contributed by atoms with E-state index < -0.39 is 29.2 Å². The van der Waals surface area contributed by atoms with Gasteiger partial charge in [-0.3, -0.25) is 24.4 Å². The second-order valence-electron chi connectivity index (χ2n) is 13.0. The normalized spacial score (nSPS) is 18.8. The lowest BCUT2D eigenvalue weighted by molar-refractivity contribution is -0.145. The van der Waals surface area contributed by atoms with Crippen molar-refractivity contribution in [2.45, 2.75) is 50.4 Å². The zero-order chi connectivity index (χ0) is 33.6. The van der Waals surface area contributed by atoms with Gasteiger partial charge in [-0.15, -0.1) is 0 Å². The topological polar surface area (TPSA) is 59.5 Å². The second kappa shape index (κ2) is 15.7. The molecular formula is C37H47F3N4O3. The van der Waals surface area contributed by atoms with Crippen LogP contribution < -0.4 is 0 Å². The van der Waals surface area contributed by atoms with Crippen molar-refractivity contribution in [3.8, 4) is 0 Å². The van der Waals surface area contributed by atoms with Crippen molar-refractivity contribution in [3.63, 3.8) is 0 Å². The van der Waals surface area contributed by atoms with Gasteiger partial charge in [-0.1, -0.05) is 36.4 Å². The maximum absolute atomic E-state index is 13.9. The van der Waals surface area contributed by atoms with E-state index in [1.807, 2.05) is 17.0 Å². The molecule has 3 aromatic carbocycles. The minimum atomic E-state index is -1.08. The van der Waals surface area contributed by atoms with Crippen LogP contribution in [-0.2, 0) is 15.1 Å². The summed E-state index contributed by atoms with van der Waals surface area (Å²) in [6.45, 7) is 11.6. The first-order chi connectivity index (χ1) is 22.6. The van der Waals surface area contributed by atoms with Gasteiger partial charge in [0.25, 0.3) is 0 Å². The Labute approximate surface area is 276 Å². The van der Waals surface area contributed by atoms with Crippen LogP contribution in [0.1, 0.15) is 49.4 Å². The molecule has 1 N–H and O–H groups in total. The summed E-state index contributed by atoms with van der Waals surface area (Å²) in [6.07, 6.45) is 0.573. The highest BCUT2D eigenvalue weighted by atomic mass is 19.1. The first-order valence-corrected chi connectivity index (χ1v) is 16.6. The van der Waals surface area contributed by atoms with Crippen molar-refractivity contribution in [1.82, 2.24) is 19.6 Å². The third-order valence-electron chi connectivity index (χ3n) is 10.1. The predicted molar refractivity (Wildman–Crippen MR) is 177 cm³/mol. The van der Waals surface area contributed by atoms with Crippen LogP contribution in [0.25, 0.3) is 0 Å². The highest BCUT2D eigenvalue weighted by Crippen LogP contribution is 2.39. The van der Waals surface area contributed by atoms with E-state index in [0.717, 1.165) is 38.3 Å². The average molecular weight is 653 g/mol. The largest absolute Gasteiger partial charge is 0.480 e. The van der Waals surface area contributed by atoms with E-state index in [1.54, 1.807) is 31.4 Å². The van der Waals surface area contributed by atoms with Gasteiger partial charge in [0.2, 0.25) is 0 Å². The van der Waals surface area contributed by atoms with E-state index in [9.17, 15) is 23.1 Å². The molecule has 3 aromatic rings. The standard InChI is InChI=1S/C37H47F3N4O3/c1-27(2)42-22-24-44(25-23-42)35(28-4-10-31(38)11-5-28)26-41-18-20-43(21-19-41)34(36(45)46)16-17-37(47-3,29-6-12-32(39)13-7-29)30-8-14-33(40)15-9-30/h4-15,27,34-35H,16-26H2,1-3H3,(H,45,46). The Bertz CT molecular complexity index is 1380. The van der Waals surface area contributed by atoms with E-state index in [0.29, 0.717) is 49.8 Å². The summed E-state index contributed by atoms with van der Waals surface area (Å²) in [5, 5.41) is 10.4. The SMILES string of the molecule is COC(CCC(C(=O)O)N1CCN(CC(c2ccc(F)cc2)N2CCN(C(C)C)CC2)CC1)(c1ccc(F)cc1)c1ccc(F)cc1. The Morgan fingerprint density at radius 2 is 1.17 bits per heavy atom. The summed E-state index contributed by atoms with van der Waals surface area (Å²) in [6, 6.07) is 18.6. The Balaban J connectivity index is 1.27. The molecule has 2 fully saturated rings. The molecule has 0 saturated carbocycles. The number of carbonyl (C=O) groups is 1. The van der Waals surface area contributed by atoms with Crippen molar-refractivity contribution < 1.29 is 27.8 Å². The molecule has 2 aliphatic heterocycles. The number of nitrogens with zero attached hydrogens (tertiary/aromatic N) is 4. The number of hydrogen-bond acceptors (Lipinski definition) is 6. The molecule has 0 amide bonds. The molecule has 254 valence electrons. The van der Waals surface area contributed by atoms with Crippen molar-refractivity contribution >= 4 is 5.97 Å². The third-order valence-corrected chi connectivity index (χ3v) is 10.1. The van der Waals surface area contributed by atoms with Gasteiger partial charge in [0, 0.05) is 78.1 Å². The fraction of sp³-hybridized carbons (Fsp3) is 0.486. The molecule has 5 rings (SSSR count). The molecule has 7 nitrogen and oxygen atoms in total. The lowest BCUT2D eigenvalue weighted by Crippen LogP contribution is -2.55. The van der Waals surface area contributed by atoms with Crippen molar-refractivity contribution in [1.29, 1.82) is 0 Å². The number of benzene rings is 3. The maximum Gasteiger partial charge on any atom is 0.320 e. The van der Waals surface area contributed by atoms with Gasteiger partial charge in [0.1, 0.15) is 29.1 Å². The number of carboxylic acids is 1. The van der Waals surface area contributed by atoms with Crippen molar-refractivity contribution in [3.05, 3.63) is 107 Å². The molecule has 10 heteroatoms. The molecule has 47 heavy (non-hydrogen) atoms. The molecule has 2 atom stereocenters. The lowest BCUT2D eigenvalue weighted by atomic mass is 9.81. The quantitative estimate of drug-likeness (QED) is 0.258. The highest BCUT2D eigenvalue weighted by Gasteiger charge is 2.38. The fourth-order valence-electron chi connectivity index (χ4n) is 7.22. The maximum atomic E-state index is 13.9. The van der Waals surface area contributed by atoms with E-state index in [1.165, 1.54) is 36.4 Å². The molecule has 0 aliphatic carbocycles. The third kappa shape index (κ3) is 8.42. The molecule has 2 unspecified atom stereocenters. The van der Waals surface area contributed by atoms with Crippen LogP contribution in [0.4, 0.5) is 13.2 Å². The fourth-order valence-corrected chi connectivity index (χ4v) is 7.22. The monoisotopic (exact) mass is 652 g/mol. The van der Waals surface area contributed by atoms with Crippen LogP contribution in [0.15, 0.2) is 72.8 Å². The molecule has 2 saturated heterocycles. The van der Waals surface area contributed by atoms with E-state index in [-0.39, 0.29) is 18.3 Å². The Hall–Kier alpha value is -3.28. The Kier molecular flexibility index (Phi) is 11.7. The first kappa shape index (κ1) is 35.0. The van der Waals surface area contributed by atoms with E-state index >= 15 is 0 Å². The summed E-state index contributed by atoms with van der Waals surface area (Å²) >= 11 is 0. The zero-order valence-corrected chi connectivity index (χ0v) is 27.6. The summed E-state index contributed by atoms with van der Waals surface area (Å²) in [5.74, 6) is -1.94.